The summed E-state index contributed by atoms with van der Waals surface area (Å²) in [5, 5.41) is 10.6. The second-order valence-corrected chi connectivity index (χ2v) is 12.0. The molecule has 41 heavy (non-hydrogen) atoms. The molecule has 1 aromatic heterocycles. The van der Waals surface area contributed by atoms with E-state index in [-0.39, 0.29) is 17.9 Å². The Labute approximate surface area is 242 Å². The van der Waals surface area contributed by atoms with Crippen molar-refractivity contribution >= 4 is 28.4 Å². The van der Waals surface area contributed by atoms with E-state index in [4.69, 9.17) is 10.5 Å². The second kappa shape index (κ2) is 11.1. The minimum Gasteiger partial charge on any atom is -0.495 e. The molecule has 4 aliphatic rings. The number of nitrogens with two attached hydrogens (primary N) is 1. The zero-order valence-electron chi connectivity index (χ0n) is 24.5. The third-order valence-electron chi connectivity index (χ3n) is 9.19. The van der Waals surface area contributed by atoms with Crippen LogP contribution in [0.15, 0.2) is 35.9 Å². The van der Waals surface area contributed by atoms with Gasteiger partial charge in [-0.2, -0.15) is 0 Å². The van der Waals surface area contributed by atoms with Crippen molar-refractivity contribution in [2.45, 2.75) is 76.3 Å². The van der Waals surface area contributed by atoms with Crippen LogP contribution in [-0.4, -0.2) is 89.4 Å². The smallest absolute Gasteiger partial charge is 0.275 e. The first-order valence-corrected chi connectivity index (χ1v) is 15.2. The van der Waals surface area contributed by atoms with Crippen LogP contribution in [-0.2, 0) is 4.79 Å². The number of likely N-dealkylation sites (N-methyl/N-ethyl adjacent to an activating group) is 1. The number of amides is 1. The Kier molecular flexibility index (Phi) is 7.50. The van der Waals surface area contributed by atoms with E-state index >= 15 is 0 Å². The van der Waals surface area contributed by atoms with Crippen molar-refractivity contribution in [2.24, 2.45) is 5.73 Å². The average Bonchev–Trinajstić information content (AvgIpc) is 3.62. The van der Waals surface area contributed by atoms with Gasteiger partial charge in [-0.15, -0.1) is 0 Å². The monoisotopic (exact) mass is 564 g/mol. The summed E-state index contributed by atoms with van der Waals surface area (Å²) in [5.74, 6) is -0.327. The van der Waals surface area contributed by atoms with Crippen LogP contribution >= 0.6 is 0 Å². The lowest BCUT2D eigenvalue weighted by atomic mass is 10.0. The Hall–Kier alpha value is -3.44. The molecule has 2 fully saturated rings. The van der Waals surface area contributed by atoms with Gasteiger partial charge >= 0.3 is 0 Å². The number of fused-ring (bicyclic) bond motifs is 1. The van der Waals surface area contributed by atoms with Gasteiger partial charge < -0.3 is 25.2 Å². The summed E-state index contributed by atoms with van der Waals surface area (Å²) in [6.07, 6.45) is 10.9. The average molecular weight is 565 g/mol. The molecule has 5 N–H and O–H groups in total. The third-order valence-corrected chi connectivity index (χ3v) is 9.19. The summed E-state index contributed by atoms with van der Waals surface area (Å²) < 4.78 is 7.43. The first-order valence-electron chi connectivity index (χ1n) is 15.2. The Balaban J connectivity index is 1.31. The normalized spacial score (nSPS) is 25.8. The fourth-order valence-corrected chi connectivity index (χ4v) is 7.14. The molecular formula is C30H44N8O3. The van der Waals surface area contributed by atoms with Crippen molar-refractivity contribution in [1.82, 2.24) is 29.9 Å². The maximum absolute atomic E-state index is 13.6. The predicted molar refractivity (Wildman–Crippen MR) is 159 cm³/mol. The van der Waals surface area contributed by atoms with Crippen molar-refractivity contribution in [3.8, 4) is 5.75 Å². The third kappa shape index (κ3) is 5.21. The summed E-state index contributed by atoms with van der Waals surface area (Å²) in [5.41, 5.74) is 8.83. The minimum absolute atomic E-state index is 0.0300. The van der Waals surface area contributed by atoms with E-state index in [1.54, 1.807) is 11.7 Å². The molecule has 222 valence electrons. The van der Waals surface area contributed by atoms with Crippen LogP contribution in [0.1, 0.15) is 63.1 Å². The van der Waals surface area contributed by atoms with Crippen LogP contribution < -0.4 is 26.4 Å². The van der Waals surface area contributed by atoms with Gasteiger partial charge in [0.25, 0.3) is 5.91 Å². The largest absolute Gasteiger partial charge is 0.495 e. The van der Waals surface area contributed by atoms with Crippen LogP contribution in [0, 0.1) is 0 Å². The van der Waals surface area contributed by atoms with Gasteiger partial charge in [0, 0.05) is 37.3 Å². The second-order valence-electron chi connectivity index (χ2n) is 12.0. The standard InChI is InChI=1S/C30H44N8O3/c1-4-21-18-35(2)27-28(38(21)22-10-6-7-11-22)33-30(31,34-29(27)40)32-23-17-24-20(16-25(23)41-3)12-15-37(24)26(39)19-36-13-8-5-9-14-36/h12,15-17,21-22,32-33H,4-11,13-14,18-19,31H2,1-3H3,(H,34,40)/t21?,30-/m1/s1. The molecule has 1 aromatic carbocycles. The van der Waals surface area contributed by atoms with Crippen LogP contribution in [0.5, 0.6) is 5.75 Å². The molecule has 2 atom stereocenters. The fraction of sp³-hybridized carbons (Fsp3) is 0.600. The molecule has 0 spiro atoms. The number of hydrogen-bond acceptors (Lipinski definition) is 9. The molecule has 1 aliphatic carbocycles. The molecule has 1 saturated carbocycles. The van der Waals surface area contributed by atoms with Gasteiger partial charge in [0.05, 0.1) is 24.9 Å². The summed E-state index contributed by atoms with van der Waals surface area (Å²) in [7, 11) is 3.57. The highest BCUT2D eigenvalue weighted by Crippen LogP contribution is 2.36. The fourth-order valence-electron chi connectivity index (χ4n) is 7.14. The lowest BCUT2D eigenvalue weighted by Gasteiger charge is -2.52. The van der Waals surface area contributed by atoms with E-state index in [0.29, 0.717) is 29.7 Å². The number of nitrogens with one attached hydrogen (secondary N) is 3. The van der Waals surface area contributed by atoms with Gasteiger partial charge in [0.1, 0.15) is 17.3 Å². The minimum atomic E-state index is -1.47. The number of benzene rings is 1. The molecule has 6 rings (SSSR count). The summed E-state index contributed by atoms with van der Waals surface area (Å²) in [6.45, 7) is 5.29. The Morgan fingerprint density at radius 1 is 1.15 bits per heavy atom. The SMILES string of the molecule is CCC1CN(C)C2=C(N[C@@](N)(Nc3cc4c(ccn4C(=O)CN4CCCCC4)cc3OC)NC2=O)N1C1CCCC1. The van der Waals surface area contributed by atoms with E-state index in [9.17, 15) is 9.59 Å². The molecule has 0 bridgehead atoms. The number of anilines is 1. The lowest BCUT2D eigenvalue weighted by Crippen LogP contribution is -2.76. The molecule has 11 heteroatoms. The first kappa shape index (κ1) is 27.7. The molecule has 2 aromatic rings. The highest BCUT2D eigenvalue weighted by Gasteiger charge is 2.46. The number of carbonyl (C=O) groups is 2. The van der Waals surface area contributed by atoms with Gasteiger partial charge in [0.2, 0.25) is 11.8 Å². The molecule has 4 heterocycles. The van der Waals surface area contributed by atoms with Crippen molar-refractivity contribution in [2.75, 3.05) is 45.7 Å². The van der Waals surface area contributed by atoms with E-state index in [2.05, 4.69) is 32.7 Å². The molecule has 1 unspecified atom stereocenters. The Morgan fingerprint density at radius 2 is 1.90 bits per heavy atom. The number of nitrogens with zero attached hydrogens (tertiary/aromatic N) is 4. The van der Waals surface area contributed by atoms with Gasteiger partial charge in [0.15, 0.2) is 0 Å². The van der Waals surface area contributed by atoms with E-state index in [0.717, 1.165) is 68.5 Å². The van der Waals surface area contributed by atoms with Crippen LogP contribution in [0.3, 0.4) is 0 Å². The van der Waals surface area contributed by atoms with E-state index in [1.807, 2.05) is 36.3 Å². The number of likely N-dealkylation sites (tertiary alicyclic amines) is 1. The van der Waals surface area contributed by atoms with Crippen LogP contribution in [0.25, 0.3) is 10.9 Å². The maximum atomic E-state index is 13.6. The molecule has 11 nitrogen and oxygen atoms in total. The van der Waals surface area contributed by atoms with Crippen molar-refractivity contribution < 1.29 is 14.3 Å². The van der Waals surface area contributed by atoms with E-state index < -0.39 is 5.91 Å². The lowest BCUT2D eigenvalue weighted by molar-refractivity contribution is -0.123. The topological polar surface area (TPSA) is 120 Å². The predicted octanol–water partition coefficient (Wildman–Crippen LogP) is 2.62. The summed E-state index contributed by atoms with van der Waals surface area (Å²) in [4.78, 5) is 33.6. The van der Waals surface area contributed by atoms with Crippen molar-refractivity contribution in [3.63, 3.8) is 0 Å². The van der Waals surface area contributed by atoms with Crippen LogP contribution in [0.4, 0.5) is 5.69 Å². The van der Waals surface area contributed by atoms with Gasteiger partial charge in [-0.3, -0.25) is 30.1 Å². The Morgan fingerprint density at radius 3 is 2.61 bits per heavy atom. The van der Waals surface area contributed by atoms with Crippen molar-refractivity contribution in [3.05, 3.63) is 35.9 Å². The Bertz CT molecular complexity index is 1340. The number of carbonyl (C=O) groups excluding carboxylic acids is 2. The number of ether oxygens (including phenoxy) is 1. The molecule has 1 saturated heterocycles. The molecular weight excluding hydrogens is 520 g/mol. The summed E-state index contributed by atoms with van der Waals surface area (Å²) >= 11 is 0. The number of rotatable bonds is 7. The van der Waals surface area contributed by atoms with E-state index in [1.165, 1.54) is 19.3 Å². The molecule has 1 amide bonds. The van der Waals surface area contributed by atoms with Gasteiger partial charge in [-0.1, -0.05) is 26.2 Å². The maximum Gasteiger partial charge on any atom is 0.275 e. The highest BCUT2D eigenvalue weighted by molar-refractivity contribution is 5.97. The number of hydrogen-bond donors (Lipinski definition) is 4. The van der Waals surface area contributed by atoms with Gasteiger partial charge in [-0.05, 0) is 63.4 Å². The van der Waals surface area contributed by atoms with Gasteiger partial charge in [-0.25, -0.2) is 0 Å². The van der Waals surface area contributed by atoms with Crippen LogP contribution in [0.2, 0.25) is 0 Å². The number of methoxy groups -OCH3 is 1. The molecule has 0 radical (unpaired) electrons. The summed E-state index contributed by atoms with van der Waals surface area (Å²) in [6, 6.07) is 6.36. The van der Waals surface area contributed by atoms with Crippen molar-refractivity contribution in [1.29, 1.82) is 0 Å². The highest BCUT2D eigenvalue weighted by atomic mass is 16.5. The first-order chi connectivity index (χ1) is 19.8. The quantitative estimate of drug-likeness (QED) is 0.376. The molecule has 3 aliphatic heterocycles. The number of aromatic nitrogens is 1. The zero-order valence-corrected chi connectivity index (χ0v) is 24.5. The number of piperidine rings is 1. The zero-order chi connectivity index (χ0) is 28.7.